The normalized spacial score (nSPS) is 10.1. The number of rotatable bonds is 3. The summed E-state index contributed by atoms with van der Waals surface area (Å²) in [6.07, 6.45) is 1.73. The number of aromatic nitrogens is 1. The molecule has 0 radical (unpaired) electrons. The molecule has 1 aromatic carbocycles. The van der Waals surface area contributed by atoms with E-state index in [1.807, 2.05) is 30.3 Å². The highest BCUT2D eigenvalue weighted by Crippen LogP contribution is 2.10. The van der Waals surface area contributed by atoms with Crippen molar-refractivity contribution in [1.29, 1.82) is 0 Å². The lowest BCUT2D eigenvalue weighted by Gasteiger charge is -2.16. The molecule has 0 aliphatic carbocycles. The lowest BCUT2D eigenvalue weighted by Crippen LogP contribution is -2.26. The summed E-state index contributed by atoms with van der Waals surface area (Å²) in [4.78, 5) is 18.8. The van der Waals surface area contributed by atoms with Crippen LogP contribution in [0, 0.1) is 0 Å². The third kappa shape index (κ3) is 3.11. The molecule has 1 heterocycles. The molecular weight excluding hydrogens is 244 g/mol. The number of amides is 1. The van der Waals surface area contributed by atoms with Gasteiger partial charge in [0.25, 0.3) is 5.91 Å². The van der Waals surface area contributed by atoms with Crippen LogP contribution in [0.1, 0.15) is 16.1 Å². The zero-order valence-corrected chi connectivity index (χ0v) is 11.0. The standard InChI is InChI=1S/C14H14N2OS/c1-16(10-12-4-2-3-9-15-12)14(17)11-5-7-13(18)8-6-11/h2-9,18H,10H2,1H3. The predicted molar refractivity (Wildman–Crippen MR) is 73.7 cm³/mol. The maximum atomic E-state index is 12.1. The van der Waals surface area contributed by atoms with Crippen molar-refractivity contribution in [3.05, 3.63) is 59.9 Å². The van der Waals surface area contributed by atoms with Crippen LogP contribution in [0.3, 0.4) is 0 Å². The van der Waals surface area contributed by atoms with Crippen LogP contribution < -0.4 is 0 Å². The Bertz CT molecular complexity index is 525. The van der Waals surface area contributed by atoms with E-state index in [0.717, 1.165) is 10.6 Å². The van der Waals surface area contributed by atoms with Crippen LogP contribution >= 0.6 is 12.6 Å². The Labute approximate surface area is 112 Å². The maximum Gasteiger partial charge on any atom is 0.253 e. The highest BCUT2D eigenvalue weighted by Gasteiger charge is 2.11. The van der Waals surface area contributed by atoms with Crippen LogP contribution in [-0.4, -0.2) is 22.8 Å². The minimum absolute atomic E-state index is 0.0195. The van der Waals surface area contributed by atoms with Crippen LogP contribution in [0.2, 0.25) is 0 Å². The number of carbonyl (C=O) groups excluding carboxylic acids is 1. The largest absolute Gasteiger partial charge is 0.336 e. The van der Waals surface area contributed by atoms with Gasteiger partial charge in [0, 0.05) is 23.7 Å². The van der Waals surface area contributed by atoms with E-state index in [-0.39, 0.29) is 5.91 Å². The fraction of sp³-hybridized carbons (Fsp3) is 0.143. The van der Waals surface area contributed by atoms with Gasteiger partial charge in [0.2, 0.25) is 0 Å². The lowest BCUT2D eigenvalue weighted by atomic mass is 10.2. The summed E-state index contributed by atoms with van der Waals surface area (Å²) in [5, 5.41) is 0. The Morgan fingerprint density at radius 2 is 1.94 bits per heavy atom. The van der Waals surface area contributed by atoms with E-state index in [0.29, 0.717) is 12.1 Å². The van der Waals surface area contributed by atoms with Crippen LogP contribution in [0.25, 0.3) is 0 Å². The van der Waals surface area contributed by atoms with Crippen molar-refractivity contribution in [2.24, 2.45) is 0 Å². The van der Waals surface area contributed by atoms with E-state index in [9.17, 15) is 4.79 Å². The molecule has 0 aliphatic heterocycles. The minimum atomic E-state index is -0.0195. The lowest BCUT2D eigenvalue weighted by molar-refractivity contribution is 0.0783. The molecule has 92 valence electrons. The van der Waals surface area contributed by atoms with E-state index >= 15 is 0 Å². The Morgan fingerprint density at radius 3 is 2.56 bits per heavy atom. The van der Waals surface area contributed by atoms with Crippen LogP contribution in [0.5, 0.6) is 0 Å². The summed E-state index contributed by atoms with van der Waals surface area (Å²) in [6, 6.07) is 12.8. The van der Waals surface area contributed by atoms with Crippen molar-refractivity contribution in [1.82, 2.24) is 9.88 Å². The maximum absolute atomic E-state index is 12.1. The van der Waals surface area contributed by atoms with Gasteiger partial charge in [0.15, 0.2) is 0 Å². The van der Waals surface area contributed by atoms with Crippen LogP contribution in [0.15, 0.2) is 53.6 Å². The van der Waals surface area contributed by atoms with Crippen molar-refractivity contribution in [2.45, 2.75) is 11.4 Å². The fourth-order valence-electron chi connectivity index (χ4n) is 1.63. The smallest absolute Gasteiger partial charge is 0.253 e. The first-order chi connectivity index (χ1) is 8.66. The predicted octanol–water partition coefficient (Wildman–Crippen LogP) is 2.64. The number of nitrogens with zero attached hydrogens (tertiary/aromatic N) is 2. The quantitative estimate of drug-likeness (QED) is 0.859. The first-order valence-electron chi connectivity index (χ1n) is 5.61. The summed E-state index contributed by atoms with van der Waals surface area (Å²) in [5.41, 5.74) is 1.53. The summed E-state index contributed by atoms with van der Waals surface area (Å²) in [7, 11) is 1.77. The van der Waals surface area contributed by atoms with Gasteiger partial charge in [-0.05, 0) is 36.4 Å². The zero-order valence-electron chi connectivity index (χ0n) is 10.1. The first-order valence-corrected chi connectivity index (χ1v) is 6.06. The third-order valence-corrected chi connectivity index (χ3v) is 2.88. The minimum Gasteiger partial charge on any atom is -0.336 e. The number of hydrogen-bond donors (Lipinski definition) is 1. The van der Waals surface area contributed by atoms with Gasteiger partial charge < -0.3 is 4.90 Å². The van der Waals surface area contributed by atoms with Gasteiger partial charge in [0.05, 0.1) is 12.2 Å². The van der Waals surface area contributed by atoms with Gasteiger partial charge >= 0.3 is 0 Å². The number of carbonyl (C=O) groups is 1. The average molecular weight is 258 g/mol. The molecule has 0 spiro atoms. The van der Waals surface area contributed by atoms with E-state index in [1.54, 1.807) is 30.3 Å². The van der Waals surface area contributed by atoms with E-state index in [2.05, 4.69) is 17.6 Å². The Balaban J connectivity index is 2.07. The molecule has 0 unspecified atom stereocenters. The number of thiol groups is 1. The second-order valence-electron chi connectivity index (χ2n) is 4.03. The summed E-state index contributed by atoms with van der Waals surface area (Å²) >= 11 is 4.20. The van der Waals surface area contributed by atoms with Gasteiger partial charge in [-0.2, -0.15) is 0 Å². The first kappa shape index (κ1) is 12.6. The van der Waals surface area contributed by atoms with Gasteiger partial charge in [-0.1, -0.05) is 6.07 Å². The Morgan fingerprint density at radius 1 is 1.22 bits per heavy atom. The van der Waals surface area contributed by atoms with Crippen molar-refractivity contribution < 1.29 is 4.79 Å². The Hall–Kier alpha value is -1.81. The highest BCUT2D eigenvalue weighted by molar-refractivity contribution is 7.80. The molecule has 0 fully saturated rings. The molecule has 0 bridgehead atoms. The Kier molecular flexibility index (Phi) is 3.99. The van der Waals surface area contributed by atoms with Crippen molar-refractivity contribution in [3.8, 4) is 0 Å². The third-order valence-electron chi connectivity index (χ3n) is 2.59. The molecule has 0 saturated carbocycles. The molecule has 2 rings (SSSR count). The van der Waals surface area contributed by atoms with Crippen molar-refractivity contribution >= 4 is 18.5 Å². The summed E-state index contributed by atoms with van der Waals surface area (Å²) in [6.45, 7) is 0.502. The molecule has 0 atom stereocenters. The SMILES string of the molecule is CN(Cc1ccccn1)C(=O)c1ccc(S)cc1. The molecule has 0 aliphatic rings. The molecule has 3 nitrogen and oxygen atoms in total. The molecule has 18 heavy (non-hydrogen) atoms. The van der Waals surface area contributed by atoms with Crippen LogP contribution in [-0.2, 0) is 6.54 Å². The second-order valence-corrected chi connectivity index (χ2v) is 4.55. The molecule has 0 N–H and O–H groups in total. The number of pyridine rings is 1. The van der Waals surface area contributed by atoms with Crippen molar-refractivity contribution in [2.75, 3.05) is 7.05 Å². The number of hydrogen-bond acceptors (Lipinski definition) is 3. The summed E-state index contributed by atoms with van der Waals surface area (Å²) < 4.78 is 0. The van der Waals surface area contributed by atoms with E-state index in [1.165, 1.54) is 0 Å². The van der Waals surface area contributed by atoms with Gasteiger partial charge in [0.1, 0.15) is 0 Å². The monoisotopic (exact) mass is 258 g/mol. The average Bonchev–Trinajstić information content (AvgIpc) is 2.40. The molecule has 4 heteroatoms. The second kappa shape index (κ2) is 5.69. The highest BCUT2D eigenvalue weighted by atomic mass is 32.1. The molecule has 1 amide bonds. The number of benzene rings is 1. The zero-order chi connectivity index (χ0) is 13.0. The van der Waals surface area contributed by atoms with Crippen molar-refractivity contribution in [3.63, 3.8) is 0 Å². The molecule has 1 aromatic heterocycles. The van der Waals surface area contributed by atoms with E-state index < -0.39 is 0 Å². The van der Waals surface area contributed by atoms with Gasteiger partial charge in [-0.25, -0.2) is 0 Å². The van der Waals surface area contributed by atoms with Gasteiger partial charge in [-0.3, -0.25) is 9.78 Å². The topological polar surface area (TPSA) is 33.2 Å². The van der Waals surface area contributed by atoms with Crippen LogP contribution in [0.4, 0.5) is 0 Å². The van der Waals surface area contributed by atoms with Gasteiger partial charge in [-0.15, -0.1) is 12.6 Å². The fourth-order valence-corrected chi connectivity index (χ4v) is 1.78. The molecular formula is C14H14N2OS. The molecule has 0 saturated heterocycles. The molecule has 2 aromatic rings. The van der Waals surface area contributed by atoms with E-state index in [4.69, 9.17) is 0 Å². The summed E-state index contributed by atoms with van der Waals surface area (Å²) in [5.74, 6) is -0.0195.